The molecule has 0 unspecified atom stereocenters. The molecule has 24 aromatic carbocycles. The Morgan fingerprint density at radius 3 is 0.767 bits per heavy atom. The quantitative estimate of drug-likeness (QED) is 0.0979. The number of para-hydroxylation sites is 6. The SMILES string of the molecule is c1ccc(-c2ccc(-c3ccc(-n4c5ccc(-c6ccccc6)cc5c5c4ccc4c6ccccc6n(-c6ccccc6)c45)cc3)cc2)cc1.c1ccc(-c2ccc(-n3c4ccccc4c4ccc5c(c6ccc(-c7ccccc7)cc6n5-c5ccccc5)c43)c(-c3ccccc3)c2)cc1.c1ccc(-c2cccc(-c3cccc(-n4c5ccc(-c6ccccc6)cc5c5c4ccc4c6ccccc6n(-c6ccccc6)c45)c3)c2)cc1. The van der Waals surface area contributed by atoms with Gasteiger partial charge in [-0.15, -0.1) is 0 Å². The summed E-state index contributed by atoms with van der Waals surface area (Å²) in [6.07, 6.45) is 0. The summed E-state index contributed by atoms with van der Waals surface area (Å²) in [5.41, 5.74) is 43.1. The van der Waals surface area contributed by atoms with E-state index in [0.717, 1.165) is 34.1 Å². The van der Waals surface area contributed by atoms with Crippen molar-refractivity contribution in [3.05, 3.63) is 582 Å². The Morgan fingerprint density at radius 1 is 0.100 bits per heavy atom. The van der Waals surface area contributed by atoms with E-state index >= 15 is 0 Å². The second-order valence-electron chi connectivity index (χ2n) is 38.9. The summed E-state index contributed by atoms with van der Waals surface area (Å²) in [6, 6.07) is 211. The molecule has 0 saturated carbocycles. The van der Waals surface area contributed by atoms with Gasteiger partial charge >= 0.3 is 0 Å². The van der Waals surface area contributed by atoms with Gasteiger partial charge in [0.05, 0.1) is 71.9 Å². The number of hydrogen-bond donors (Lipinski definition) is 0. The summed E-state index contributed by atoms with van der Waals surface area (Å²) in [5, 5.41) is 15.0. The zero-order chi connectivity index (χ0) is 99.1. The summed E-state index contributed by atoms with van der Waals surface area (Å²) >= 11 is 0. The molecule has 702 valence electrons. The molecular weight excluding hydrogens is 1810 g/mol. The van der Waals surface area contributed by atoms with Gasteiger partial charge in [-0.2, -0.15) is 0 Å². The monoisotopic (exact) mass is 1910 g/mol. The predicted octanol–water partition coefficient (Wildman–Crippen LogP) is 38.6. The van der Waals surface area contributed by atoms with Crippen LogP contribution in [0.4, 0.5) is 0 Å². The van der Waals surface area contributed by atoms with Gasteiger partial charge in [0.15, 0.2) is 0 Å². The zero-order valence-electron chi connectivity index (χ0n) is 82.1. The average molecular weight is 1910 g/mol. The molecule has 6 aromatic heterocycles. The van der Waals surface area contributed by atoms with Crippen LogP contribution in [-0.2, 0) is 0 Å². The van der Waals surface area contributed by atoms with Crippen molar-refractivity contribution >= 4 is 131 Å². The highest BCUT2D eigenvalue weighted by Gasteiger charge is 2.28. The fraction of sp³-hybridized carbons (Fsp3) is 0. The molecule has 0 aliphatic heterocycles. The lowest BCUT2D eigenvalue weighted by Gasteiger charge is -2.17. The average Bonchev–Trinajstić information content (AvgIpc) is 1.55. The van der Waals surface area contributed by atoms with Gasteiger partial charge in [-0.05, 0) is 240 Å². The molecule has 0 N–H and O–H groups in total. The van der Waals surface area contributed by atoms with E-state index in [2.05, 4.69) is 610 Å². The van der Waals surface area contributed by atoms with Crippen molar-refractivity contribution in [1.29, 1.82) is 0 Å². The van der Waals surface area contributed by atoms with Gasteiger partial charge in [0.1, 0.15) is 0 Å². The second-order valence-corrected chi connectivity index (χ2v) is 38.9. The summed E-state index contributed by atoms with van der Waals surface area (Å²) in [5.74, 6) is 0. The van der Waals surface area contributed by atoms with Crippen molar-refractivity contribution < 1.29 is 0 Å². The van der Waals surface area contributed by atoms with Crippen molar-refractivity contribution in [3.63, 3.8) is 0 Å². The van der Waals surface area contributed by atoms with Gasteiger partial charge < -0.3 is 27.4 Å². The topological polar surface area (TPSA) is 29.6 Å². The summed E-state index contributed by atoms with van der Waals surface area (Å²) in [7, 11) is 0. The molecule has 30 aromatic rings. The lowest BCUT2D eigenvalue weighted by molar-refractivity contribution is 1.17. The van der Waals surface area contributed by atoms with E-state index in [1.165, 1.54) is 231 Å². The number of benzene rings is 24. The van der Waals surface area contributed by atoms with Crippen LogP contribution in [0.5, 0.6) is 0 Å². The fourth-order valence-corrected chi connectivity index (χ4v) is 23.5. The smallest absolute Gasteiger partial charge is 0.0641 e. The van der Waals surface area contributed by atoms with Crippen LogP contribution in [-0.4, -0.2) is 27.4 Å². The lowest BCUT2D eigenvalue weighted by atomic mass is 9.97. The minimum Gasteiger partial charge on any atom is -0.309 e. The highest BCUT2D eigenvalue weighted by molar-refractivity contribution is 6.30. The number of aromatic nitrogens is 6. The summed E-state index contributed by atoms with van der Waals surface area (Å²) < 4.78 is 14.8. The van der Waals surface area contributed by atoms with Gasteiger partial charge in [-0.25, -0.2) is 0 Å². The molecule has 0 amide bonds. The van der Waals surface area contributed by atoms with Crippen molar-refractivity contribution in [2.75, 3.05) is 0 Å². The highest BCUT2D eigenvalue weighted by atomic mass is 15.0. The molecular formula is C144H96N6. The van der Waals surface area contributed by atoms with E-state index in [0.29, 0.717) is 0 Å². The molecule has 0 aliphatic carbocycles. The van der Waals surface area contributed by atoms with E-state index in [-0.39, 0.29) is 0 Å². The Labute approximate surface area is 868 Å². The first-order valence-electron chi connectivity index (χ1n) is 51.6. The lowest BCUT2D eigenvalue weighted by Crippen LogP contribution is -1.98. The molecule has 0 aliphatic rings. The van der Waals surface area contributed by atoms with E-state index in [4.69, 9.17) is 0 Å². The molecule has 0 saturated heterocycles. The minimum absolute atomic E-state index is 1.14. The Morgan fingerprint density at radius 2 is 0.340 bits per heavy atom. The predicted molar refractivity (Wildman–Crippen MR) is 634 cm³/mol. The van der Waals surface area contributed by atoms with Gasteiger partial charge in [-0.1, -0.05) is 437 Å². The molecule has 6 nitrogen and oxygen atoms in total. The Hall–Kier alpha value is -19.9. The largest absolute Gasteiger partial charge is 0.309 e. The fourth-order valence-electron chi connectivity index (χ4n) is 23.5. The number of hydrogen-bond acceptors (Lipinski definition) is 0. The second kappa shape index (κ2) is 37.4. The third-order valence-electron chi connectivity index (χ3n) is 30.3. The maximum absolute atomic E-state index is 2.52. The van der Waals surface area contributed by atoms with E-state index in [1.807, 2.05) is 0 Å². The molecule has 0 fully saturated rings. The first-order valence-corrected chi connectivity index (χ1v) is 51.6. The van der Waals surface area contributed by atoms with E-state index in [9.17, 15) is 0 Å². The number of fused-ring (bicyclic) bond motifs is 21. The van der Waals surface area contributed by atoms with Crippen LogP contribution in [0.15, 0.2) is 582 Å². The van der Waals surface area contributed by atoms with E-state index in [1.54, 1.807) is 0 Å². The third kappa shape index (κ3) is 15.3. The van der Waals surface area contributed by atoms with Crippen LogP contribution in [0.3, 0.4) is 0 Å². The normalized spacial score (nSPS) is 11.6. The number of nitrogens with zero attached hydrogens (tertiary/aromatic N) is 6. The van der Waals surface area contributed by atoms with Crippen LogP contribution in [0.1, 0.15) is 0 Å². The maximum Gasteiger partial charge on any atom is 0.0641 e. The molecule has 0 atom stereocenters. The van der Waals surface area contributed by atoms with Gasteiger partial charge in [0.2, 0.25) is 0 Å². The molecule has 0 bridgehead atoms. The maximum atomic E-state index is 2.52. The Balaban J connectivity index is 0.000000108. The molecule has 6 heteroatoms. The highest BCUT2D eigenvalue weighted by Crippen LogP contribution is 2.50. The van der Waals surface area contributed by atoms with Gasteiger partial charge in [-0.3, -0.25) is 0 Å². The first-order chi connectivity index (χ1) is 74.5. The minimum atomic E-state index is 1.14. The molecule has 0 radical (unpaired) electrons. The van der Waals surface area contributed by atoms with Crippen LogP contribution in [0, 0.1) is 0 Å². The van der Waals surface area contributed by atoms with Crippen LogP contribution in [0.2, 0.25) is 0 Å². The first kappa shape index (κ1) is 87.8. The Kier molecular flexibility index (Phi) is 21.9. The van der Waals surface area contributed by atoms with E-state index < -0.39 is 0 Å². The van der Waals surface area contributed by atoms with Gasteiger partial charge in [0, 0.05) is 98.6 Å². The third-order valence-corrected chi connectivity index (χ3v) is 30.3. The van der Waals surface area contributed by atoms with Crippen molar-refractivity contribution in [2.45, 2.75) is 0 Å². The van der Waals surface area contributed by atoms with Crippen LogP contribution in [0.25, 0.3) is 265 Å². The Bertz CT molecular complexity index is 10400. The van der Waals surface area contributed by atoms with Crippen molar-refractivity contribution in [3.8, 4) is 134 Å². The molecule has 30 rings (SSSR count). The molecule has 150 heavy (non-hydrogen) atoms. The van der Waals surface area contributed by atoms with Gasteiger partial charge in [0.25, 0.3) is 0 Å². The summed E-state index contributed by atoms with van der Waals surface area (Å²) in [4.78, 5) is 0. The number of rotatable bonds is 15. The zero-order valence-corrected chi connectivity index (χ0v) is 82.1. The van der Waals surface area contributed by atoms with Crippen molar-refractivity contribution in [1.82, 2.24) is 27.4 Å². The van der Waals surface area contributed by atoms with Crippen LogP contribution >= 0.6 is 0 Å². The summed E-state index contributed by atoms with van der Waals surface area (Å²) in [6.45, 7) is 0. The molecule has 6 heterocycles. The standard InChI is InChI=1S/3C48H32N2/c1-5-15-33(16-6-1)36-26-29-44(42(31-36)35-19-9-3-10-20-35)50-43-24-14-13-23-39(43)40-28-30-45-47(48(40)50)41-27-25-37(34-17-7-2-8-18-34)32-46(41)49(45)38-21-11-4-12-22-38;1-4-14-33(15-5-1)35-18-12-19-36(30-35)37-20-13-23-40(31-37)49-45-28-26-38(34-16-6-2-7-17-34)32-43(45)47-46(49)29-27-42-41-24-10-11-25-44(41)50(48(42)47)39-21-8-3-9-22-39;1-4-12-33(13-5-1)35-20-22-36(23-21-35)37-24-27-40(28-25-37)49-45-30-26-38(34-14-6-2-7-15-34)32-43(45)47-46(49)31-29-42-41-18-10-11-19-44(41)50(48(42)47)39-16-8-3-9-17-39/h3*1-32H. The van der Waals surface area contributed by atoms with Crippen molar-refractivity contribution in [2.24, 2.45) is 0 Å². The van der Waals surface area contributed by atoms with Crippen LogP contribution < -0.4 is 0 Å². The molecule has 0 spiro atoms.